The van der Waals surface area contributed by atoms with Crippen LogP contribution in [0.25, 0.3) is 0 Å². The maximum Gasteiger partial charge on any atom is 0.241 e. The number of hydrogen-bond acceptors (Lipinski definition) is 1. The third kappa shape index (κ3) is 1.31. The lowest BCUT2D eigenvalue weighted by molar-refractivity contribution is -0.552. The fourth-order valence-corrected chi connectivity index (χ4v) is 1.47. The molecule has 0 amide bonds. The maximum atomic E-state index is 3.35. The van der Waals surface area contributed by atoms with Gasteiger partial charge in [-0.25, -0.2) is 0 Å². The highest BCUT2D eigenvalue weighted by Crippen LogP contribution is 1.98. The molecule has 0 aliphatic carbocycles. The molecule has 0 saturated carbocycles. The van der Waals surface area contributed by atoms with Crippen molar-refractivity contribution in [2.75, 3.05) is 13.1 Å². The van der Waals surface area contributed by atoms with E-state index in [1.165, 1.54) is 18.8 Å². The zero-order chi connectivity index (χ0) is 7.56. The van der Waals surface area contributed by atoms with Crippen molar-refractivity contribution in [3.63, 3.8) is 0 Å². The summed E-state index contributed by atoms with van der Waals surface area (Å²) >= 11 is 0. The van der Waals surface area contributed by atoms with Crippen LogP contribution in [0.4, 0.5) is 0 Å². The molecule has 0 aromatic rings. The molecule has 1 aliphatic rings. The molecule has 2 heteroatoms. The van der Waals surface area contributed by atoms with Gasteiger partial charge in [-0.1, -0.05) is 6.92 Å². The molecule has 0 aromatic heterocycles. The average Bonchev–Trinajstić information content (AvgIpc) is 2.20. The van der Waals surface area contributed by atoms with E-state index in [0.717, 1.165) is 6.54 Å². The molecule has 1 rings (SSSR count). The van der Waals surface area contributed by atoms with Crippen LogP contribution in [-0.2, 0) is 0 Å². The molecule has 1 N–H and O–H groups in total. The van der Waals surface area contributed by atoms with Crippen molar-refractivity contribution in [2.24, 2.45) is 0 Å². The Balaban J connectivity index is 2.59. The highest BCUT2D eigenvalue weighted by molar-refractivity contribution is 5.75. The summed E-state index contributed by atoms with van der Waals surface area (Å²) in [7, 11) is 0. The molecule has 0 bridgehead atoms. The summed E-state index contributed by atoms with van der Waals surface area (Å²) in [5.74, 6) is 1.34. The van der Waals surface area contributed by atoms with E-state index >= 15 is 0 Å². The second-order valence-corrected chi connectivity index (χ2v) is 3.01. The Morgan fingerprint density at radius 2 is 2.40 bits per heavy atom. The summed E-state index contributed by atoms with van der Waals surface area (Å²) in [5.41, 5.74) is 0. The highest BCUT2D eigenvalue weighted by Gasteiger charge is 2.22. The van der Waals surface area contributed by atoms with E-state index in [0.29, 0.717) is 6.04 Å². The first-order valence-electron chi connectivity index (χ1n) is 4.09. The van der Waals surface area contributed by atoms with Crippen LogP contribution in [0.15, 0.2) is 0 Å². The van der Waals surface area contributed by atoms with Crippen LogP contribution in [-0.4, -0.2) is 29.5 Å². The summed E-state index contributed by atoms with van der Waals surface area (Å²) in [4.78, 5) is 0. The van der Waals surface area contributed by atoms with E-state index < -0.39 is 0 Å². The summed E-state index contributed by atoms with van der Waals surface area (Å²) in [5, 5.41) is 3.35. The van der Waals surface area contributed by atoms with Crippen molar-refractivity contribution >= 4 is 5.84 Å². The third-order valence-electron chi connectivity index (χ3n) is 2.08. The lowest BCUT2D eigenvalue weighted by atomic mass is 10.3. The van der Waals surface area contributed by atoms with E-state index in [9.17, 15) is 0 Å². The lowest BCUT2D eigenvalue weighted by Gasteiger charge is -2.04. The largest absolute Gasteiger partial charge is 0.274 e. The molecule has 0 fully saturated rings. The predicted octanol–water partition coefficient (Wildman–Crippen LogP) is 0.819. The molecular weight excluding hydrogens is 124 g/mol. The molecule has 1 aliphatic heterocycles. The van der Waals surface area contributed by atoms with Crippen molar-refractivity contribution < 1.29 is 4.58 Å². The van der Waals surface area contributed by atoms with Crippen LogP contribution in [0.5, 0.6) is 0 Å². The fraction of sp³-hybridized carbons (Fsp3) is 0.875. The third-order valence-corrected chi connectivity index (χ3v) is 2.08. The second-order valence-electron chi connectivity index (χ2n) is 3.01. The average molecular weight is 141 g/mol. The summed E-state index contributed by atoms with van der Waals surface area (Å²) in [6.07, 6.45) is 1.24. The van der Waals surface area contributed by atoms with Crippen LogP contribution in [0.2, 0.25) is 0 Å². The first-order chi connectivity index (χ1) is 4.75. The van der Waals surface area contributed by atoms with Crippen molar-refractivity contribution in [3.8, 4) is 0 Å². The van der Waals surface area contributed by atoms with E-state index in [1.54, 1.807) is 0 Å². The van der Waals surface area contributed by atoms with Gasteiger partial charge in [0.15, 0.2) is 0 Å². The van der Waals surface area contributed by atoms with E-state index in [2.05, 4.69) is 30.7 Å². The van der Waals surface area contributed by atoms with Gasteiger partial charge in [0.2, 0.25) is 5.84 Å². The van der Waals surface area contributed by atoms with E-state index in [1.807, 2.05) is 0 Å². The molecule has 0 radical (unpaired) electrons. The number of amidine groups is 1. The summed E-state index contributed by atoms with van der Waals surface area (Å²) < 4.78 is 2.43. The Morgan fingerprint density at radius 3 is 2.80 bits per heavy atom. The quantitative estimate of drug-likeness (QED) is 0.563. The zero-order valence-corrected chi connectivity index (χ0v) is 7.15. The van der Waals surface area contributed by atoms with Crippen LogP contribution in [0.3, 0.4) is 0 Å². The predicted molar refractivity (Wildman–Crippen MR) is 43.6 cm³/mol. The number of nitrogens with zero attached hydrogens (tertiary/aromatic N) is 1. The number of rotatable bonds is 2. The molecule has 2 nitrogen and oxygen atoms in total. The standard InChI is InChI=1S/C8H16N2/c1-4-5-10-7(2)6-9-8(10)3/h7H,4-6H2,1-3H3/p+1. The van der Waals surface area contributed by atoms with E-state index in [4.69, 9.17) is 0 Å². The van der Waals surface area contributed by atoms with Crippen molar-refractivity contribution in [3.05, 3.63) is 0 Å². The van der Waals surface area contributed by atoms with Gasteiger partial charge in [-0.2, -0.15) is 0 Å². The Morgan fingerprint density at radius 1 is 1.70 bits per heavy atom. The van der Waals surface area contributed by atoms with Crippen LogP contribution in [0.1, 0.15) is 27.2 Å². The van der Waals surface area contributed by atoms with Gasteiger partial charge in [0, 0.05) is 6.92 Å². The Bertz CT molecular complexity index is 149. The van der Waals surface area contributed by atoms with Crippen LogP contribution in [0, 0.1) is 0 Å². The van der Waals surface area contributed by atoms with Crippen LogP contribution < -0.4 is 5.32 Å². The molecule has 1 heterocycles. The lowest BCUT2D eigenvalue weighted by Crippen LogP contribution is -2.23. The maximum absolute atomic E-state index is 3.35. The molecule has 1 unspecified atom stereocenters. The van der Waals surface area contributed by atoms with Gasteiger partial charge in [0.25, 0.3) is 0 Å². The SMILES string of the molecule is CCC[N+]1=C(C)NCC1C. The number of nitrogens with one attached hydrogen (secondary N) is 1. The minimum atomic E-state index is 0.694. The topological polar surface area (TPSA) is 15.0 Å². The van der Waals surface area contributed by atoms with Crippen molar-refractivity contribution in [1.82, 2.24) is 5.32 Å². The van der Waals surface area contributed by atoms with E-state index in [-0.39, 0.29) is 0 Å². The van der Waals surface area contributed by atoms with Crippen molar-refractivity contribution in [1.29, 1.82) is 0 Å². The van der Waals surface area contributed by atoms with Gasteiger partial charge in [-0.15, -0.1) is 0 Å². The molecule has 0 aromatic carbocycles. The summed E-state index contributed by atoms with van der Waals surface area (Å²) in [6, 6.07) is 0.694. The Kier molecular flexibility index (Phi) is 2.30. The molecule has 10 heavy (non-hydrogen) atoms. The molecule has 1 atom stereocenters. The smallest absolute Gasteiger partial charge is 0.241 e. The minimum Gasteiger partial charge on any atom is -0.274 e. The Labute approximate surface area is 62.9 Å². The molecule has 0 spiro atoms. The van der Waals surface area contributed by atoms with Gasteiger partial charge in [0.05, 0.1) is 6.54 Å². The molecule has 0 saturated heterocycles. The van der Waals surface area contributed by atoms with Gasteiger partial charge in [-0.3, -0.25) is 9.89 Å². The fourth-order valence-electron chi connectivity index (χ4n) is 1.47. The first-order valence-corrected chi connectivity index (χ1v) is 4.09. The molecule has 58 valence electrons. The normalized spacial score (nSPS) is 25.3. The van der Waals surface area contributed by atoms with Crippen LogP contribution >= 0.6 is 0 Å². The Hall–Kier alpha value is -0.530. The van der Waals surface area contributed by atoms with Crippen molar-refractivity contribution in [2.45, 2.75) is 33.2 Å². The molecular formula is C8H17N2+. The van der Waals surface area contributed by atoms with Gasteiger partial charge >= 0.3 is 0 Å². The monoisotopic (exact) mass is 141 g/mol. The first kappa shape index (κ1) is 7.58. The zero-order valence-electron chi connectivity index (χ0n) is 7.15. The number of hydrogen-bond donors (Lipinski definition) is 1. The highest BCUT2D eigenvalue weighted by atomic mass is 15.2. The van der Waals surface area contributed by atoms with Gasteiger partial charge in [-0.05, 0) is 13.3 Å². The van der Waals surface area contributed by atoms with Gasteiger partial charge in [0.1, 0.15) is 12.6 Å². The summed E-state index contributed by atoms with van der Waals surface area (Å²) in [6.45, 7) is 8.95. The minimum absolute atomic E-state index is 0.694. The second kappa shape index (κ2) is 3.04. The van der Waals surface area contributed by atoms with Gasteiger partial charge < -0.3 is 0 Å².